The number of aryl methyl sites for hydroxylation is 1. The van der Waals surface area contributed by atoms with Crippen molar-refractivity contribution >= 4 is 35.0 Å². The fraction of sp³-hybridized carbons (Fsp3) is 0.333. The van der Waals surface area contributed by atoms with Gasteiger partial charge in [0.05, 0.1) is 5.75 Å². The highest BCUT2D eigenvalue weighted by Gasteiger charge is 2.11. The molecule has 0 N–H and O–H groups in total. The fourth-order valence-electron chi connectivity index (χ4n) is 1.77. The lowest BCUT2D eigenvalue weighted by atomic mass is 10.2. The Labute approximate surface area is 133 Å². The van der Waals surface area contributed by atoms with E-state index < -0.39 is 0 Å². The van der Waals surface area contributed by atoms with Crippen LogP contribution in [0.4, 0.5) is 0 Å². The van der Waals surface area contributed by atoms with Gasteiger partial charge in [-0.3, -0.25) is 0 Å². The lowest BCUT2D eigenvalue weighted by Gasteiger charge is -2.07. The first-order chi connectivity index (χ1) is 9.60. The summed E-state index contributed by atoms with van der Waals surface area (Å²) in [6, 6.07) is 8.37. The van der Waals surface area contributed by atoms with Gasteiger partial charge in [-0.15, -0.1) is 11.8 Å². The molecule has 0 amide bonds. The van der Waals surface area contributed by atoms with E-state index >= 15 is 0 Å². The fourth-order valence-corrected chi connectivity index (χ4v) is 3.14. The Morgan fingerprint density at radius 1 is 1.05 bits per heavy atom. The van der Waals surface area contributed by atoms with E-state index in [-0.39, 0.29) is 0 Å². The molecule has 1 aromatic carbocycles. The number of halogens is 2. The molecule has 0 saturated carbocycles. The van der Waals surface area contributed by atoms with Crippen LogP contribution in [0.5, 0.6) is 0 Å². The van der Waals surface area contributed by atoms with Crippen molar-refractivity contribution in [1.82, 2.24) is 9.97 Å². The van der Waals surface area contributed by atoms with Crippen molar-refractivity contribution < 1.29 is 0 Å². The van der Waals surface area contributed by atoms with Crippen LogP contribution in [0.2, 0.25) is 10.3 Å². The summed E-state index contributed by atoms with van der Waals surface area (Å²) in [4.78, 5) is 9.85. The predicted octanol–water partition coefficient (Wildman–Crippen LogP) is 5.34. The van der Waals surface area contributed by atoms with Gasteiger partial charge in [0.1, 0.15) is 16.1 Å². The minimum absolute atomic E-state index is 0.478. The molecule has 0 unspecified atom stereocenters. The molecule has 0 fully saturated rings. The van der Waals surface area contributed by atoms with Crippen LogP contribution in [-0.2, 0) is 12.2 Å². The molecule has 0 saturated heterocycles. The van der Waals surface area contributed by atoms with Crippen molar-refractivity contribution in [2.24, 2.45) is 0 Å². The Hall–Kier alpha value is -0.770. The zero-order valence-corrected chi connectivity index (χ0v) is 13.8. The number of benzene rings is 1. The molecule has 2 nitrogen and oxygen atoms in total. The summed E-state index contributed by atoms with van der Waals surface area (Å²) in [7, 11) is 0. The van der Waals surface area contributed by atoms with Crippen LogP contribution in [0.1, 0.15) is 30.3 Å². The highest BCUT2D eigenvalue weighted by atomic mass is 35.5. The van der Waals surface area contributed by atoms with E-state index in [1.165, 1.54) is 10.5 Å². The summed E-state index contributed by atoms with van der Waals surface area (Å²) in [5.74, 6) is 1.33. The Morgan fingerprint density at radius 2 is 1.65 bits per heavy atom. The number of thioether (sulfide) groups is 1. The van der Waals surface area contributed by atoms with Gasteiger partial charge in [0.15, 0.2) is 0 Å². The third-order valence-corrected chi connectivity index (χ3v) is 4.47. The Morgan fingerprint density at radius 3 is 2.20 bits per heavy atom. The van der Waals surface area contributed by atoms with Crippen LogP contribution in [-0.4, -0.2) is 9.97 Å². The van der Waals surface area contributed by atoms with E-state index in [1.54, 1.807) is 11.8 Å². The van der Waals surface area contributed by atoms with Crippen LogP contribution in [0.15, 0.2) is 29.2 Å². The number of nitrogens with zero attached hydrogens (tertiary/aromatic N) is 2. The average molecular weight is 327 g/mol. The third kappa shape index (κ3) is 4.11. The first kappa shape index (κ1) is 15.6. The first-order valence-corrected chi connectivity index (χ1v) is 8.24. The van der Waals surface area contributed by atoms with Crippen molar-refractivity contribution in [3.63, 3.8) is 0 Å². The summed E-state index contributed by atoms with van der Waals surface area (Å²) in [6.45, 7) is 4.15. The molecule has 106 valence electrons. The van der Waals surface area contributed by atoms with Gasteiger partial charge in [-0.05, 0) is 25.5 Å². The zero-order chi connectivity index (χ0) is 14.5. The highest BCUT2D eigenvalue weighted by Crippen LogP contribution is 2.26. The van der Waals surface area contributed by atoms with Crippen molar-refractivity contribution in [2.45, 2.75) is 37.3 Å². The maximum Gasteiger partial charge on any atom is 0.142 e. The van der Waals surface area contributed by atoms with E-state index in [4.69, 9.17) is 23.2 Å². The maximum atomic E-state index is 6.17. The Kier molecular flexibility index (Phi) is 5.70. The average Bonchev–Trinajstić information content (AvgIpc) is 2.42. The van der Waals surface area contributed by atoms with E-state index in [1.807, 2.05) is 0 Å². The second-order valence-corrected chi connectivity index (χ2v) is 6.32. The molecule has 0 aliphatic rings. The SMILES string of the molecule is CCCc1c(Cl)nc(CSc2ccc(C)cc2)nc1Cl. The quantitative estimate of drug-likeness (QED) is 0.548. The van der Waals surface area contributed by atoms with Crippen molar-refractivity contribution in [3.05, 3.63) is 51.5 Å². The molecule has 0 atom stereocenters. The van der Waals surface area contributed by atoms with Gasteiger partial charge in [-0.1, -0.05) is 54.2 Å². The van der Waals surface area contributed by atoms with Crippen LogP contribution >= 0.6 is 35.0 Å². The van der Waals surface area contributed by atoms with E-state index in [0.717, 1.165) is 18.4 Å². The van der Waals surface area contributed by atoms with E-state index in [0.29, 0.717) is 21.9 Å². The first-order valence-electron chi connectivity index (χ1n) is 6.50. The lowest BCUT2D eigenvalue weighted by molar-refractivity contribution is 0.888. The van der Waals surface area contributed by atoms with E-state index in [2.05, 4.69) is 48.1 Å². The Bertz CT molecular complexity index is 562. The second-order valence-electron chi connectivity index (χ2n) is 4.55. The number of hydrogen-bond acceptors (Lipinski definition) is 3. The van der Waals surface area contributed by atoms with Gasteiger partial charge in [0.2, 0.25) is 0 Å². The number of hydrogen-bond donors (Lipinski definition) is 0. The molecule has 2 aromatic rings. The molecule has 0 bridgehead atoms. The maximum absolute atomic E-state index is 6.17. The van der Waals surface area contributed by atoms with Crippen LogP contribution in [0.25, 0.3) is 0 Å². The van der Waals surface area contributed by atoms with Gasteiger partial charge in [0.25, 0.3) is 0 Å². The van der Waals surface area contributed by atoms with Gasteiger partial charge < -0.3 is 0 Å². The second kappa shape index (κ2) is 7.30. The molecular formula is C15H16Cl2N2S. The molecule has 20 heavy (non-hydrogen) atoms. The number of rotatable bonds is 5. The summed E-state index contributed by atoms with van der Waals surface area (Å²) in [5, 5.41) is 0.956. The smallest absolute Gasteiger partial charge is 0.142 e. The standard InChI is InChI=1S/C15H16Cl2N2S/c1-3-4-12-14(16)18-13(19-15(12)17)9-20-11-7-5-10(2)6-8-11/h5-8H,3-4,9H2,1-2H3. The molecular weight excluding hydrogens is 311 g/mol. The minimum Gasteiger partial charge on any atom is -0.220 e. The van der Waals surface area contributed by atoms with Gasteiger partial charge >= 0.3 is 0 Å². The minimum atomic E-state index is 0.478. The summed E-state index contributed by atoms with van der Waals surface area (Å²) in [6.07, 6.45) is 1.78. The van der Waals surface area contributed by atoms with Gasteiger partial charge in [0, 0.05) is 10.5 Å². The molecule has 0 spiro atoms. The zero-order valence-electron chi connectivity index (χ0n) is 11.5. The summed E-state index contributed by atoms with van der Waals surface area (Å²) < 4.78 is 0. The Balaban J connectivity index is 2.08. The molecule has 2 rings (SSSR count). The monoisotopic (exact) mass is 326 g/mol. The summed E-state index contributed by atoms with van der Waals surface area (Å²) in [5.41, 5.74) is 2.10. The van der Waals surface area contributed by atoms with Crippen LogP contribution in [0.3, 0.4) is 0 Å². The topological polar surface area (TPSA) is 25.8 Å². The molecule has 0 aliphatic heterocycles. The number of aromatic nitrogens is 2. The molecule has 1 aromatic heterocycles. The predicted molar refractivity (Wildman–Crippen MR) is 86.8 cm³/mol. The molecule has 5 heteroatoms. The van der Waals surface area contributed by atoms with Crippen LogP contribution in [0, 0.1) is 6.92 Å². The summed E-state index contributed by atoms with van der Waals surface area (Å²) >= 11 is 14.0. The largest absolute Gasteiger partial charge is 0.220 e. The van der Waals surface area contributed by atoms with Gasteiger partial charge in [-0.25, -0.2) is 9.97 Å². The van der Waals surface area contributed by atoms with Crippen molar-refractivity contribution in [3.8, 4) is 0 Å². The third-order valence-electron chi connectivity index (χ3n) is 2.84. The normalized spacial score (nSPS) is 10.8. The van der Waals surface area contributed by atoms with Crippen LogP contribution < -0.4 is 0 Å². The molecule has 0 aliphatic carbocycles. The van der Waals surface area contributed by atoms with Gasteiger partial charge in [-0.2, -0.15) is 0 Å². The highest BCUT2D eigenvalue weighted by molar-refractivity contribution is 7.98. The lowest BCUT2D eigenvalue weighted by Crippen LogP contribution is -1.99. The van der Waals surface area contributed by atoms with Crippen molar-refractivity contribution in [1.29, 1.82) is 0 Å². The van der Waals surface area contributed by atoms with E-state index in [9.17, 15) is 0 Å². The molecule has 0 radical (unpaired) electrons. The van der Waals surface area contributed by atoms with Crippen molar-refractivity contribution in [2.75, 3.05) is 0 Å². The molecule has 1 heterocycles.